The normalized spacial score (nSPS) is 10.2. The molecule has 18 heavy (non-hydrogen) atoms. The standard InChI is InChI=1S/C11H14N2O5/c1-16-8-4-7(5-9(17-2)10(8)14)6-12-13-11(15)18-3/h4-6,14H,1-3H3,(H,13,15)/b12-6-. The number of rotatable bonds is 4. The molecule has 0 aromatic heterocycles. The topological polar surface area (TPSA) is 89.4 Å². The number of hydrogen-bond donors (Lipinski definition) is 2. The van der Waals surface area contributed by atoms with Gasteiger partial charge in [-0.3, -0.25) is 0 Å². The lowest BCUT2D eigenvalue weighted by Gasteiger charge is -2.09. The fourth-order valence-electron chi connectivity index (χ4n) is 1.19. The maximum absolute atomic E-state index is 10.8. The maximum atomic E-state index is 10.8. The SMILES string of the molecule is COC(=O)N/N=C\c1cc(OC)c(O)c(OC)c1. The summed E-state index contributed by atoms with van der Waals surface area (Å²) in [5.74, 6) is 0.390. The third-order valence-electron chi connectivity index (χ3n) is 2.06. The van der Waals surface area contributed by atoms with Gasteiger partial charge in [-0.05, 0) is 12.1 Å². The Morgan fingerprint density at radius 1 is 1.28 bits per heavy atom. The minimum atomic E-state index is -0.677. The van der Waals surface area contributed by atoms with Gasteiger partial charge in [0.25, 0.3) is 0 Å². The predicted molar refractivity (Wildman–Crippen MR) is 64.3 cm³/mol. The van der Waals surface area contributed by atoms with E-state index in [2.05, 4.69) is 15.3 Å². The van der Waals surface area contributed by atoms with Crippen molar-refractivity contribution in [3.63, 3.8) is 0 Å². The van der Waals surface area contributed by atoms with Crippen molar-refractivity contribution in [2.75, 3.05) is 21.3 Å². The van der Waals surface area contributed by atoms with Crippen molar-refractivity contribution in [1.29, 1.82) is 0 Å². The first-order valence-electron chi connectivity index (χ1n) is 4.94. The highest BCUT2D eigenvalue weighted by molar-refractivity contribution is 5.83. The van der Waals surface area contributed by atoms with E-state index in [0.29, 0.717) is 5.56 Å². The average Bonchev–Trinajstić information content (AvgIpc) is 2.39. The number of phenolic OH excluding ortho intramolecular Hbond substituents is 1. The third kappa shape index (κ3) is 3.27. The highest BCUT2D eigenvalue weighted by atomic mass is 16.5. The van der Waals surface area contributed by atoms with Crippen LogP contribution in [0.4, 0.5) is 4.79 Å². The zero-order valence-electron chi connectivity index (χ0n) is 10.3. The van der Waals surface area contributed by atoms with Crippen LogP contribution in [-0.2, 0) is 4.74 Å². The van der Waals surface area contributed by atoms with Crippen LogP contribution in [0.1, 0.15) is 5.56 Å². The molecule has 1 rings (SSSR count). The Bertz CT molecular complexity index is 434. The Labute approximate surface area is 104 Å². The van der Waals surface area contributed by atoms with Gasteiger partial charge in [-0.15, -0.1) is 0 Å². The molecular formula is C11H14N2O5. The first-order chi connectivity index (χ1) is 8.62. The van der Waals surface area contributed by atoms with Crippen molar-refractivity contribution in [3.8, 4) is 17.2 Å². The Morgan fingerprint density at radius 2 is 1.83 bits per heavy atom. The molecule has 0 aliphatic heterocycles. The average molecular weight is 254 g/mol. The Hall–Kier alpha value is -2.44. The van der Waals surface area contributed by atoms with Crippen LogP contribution in [0.3, 0.4) is 0 Å². The zero-order valence-corrected chi connectivity index (χ0v) is 10.3. The summed E-state index contributed by atoms with van der Waals surface area (Å²) < 4.78 is 14.3. The molecule has 0 saturated heterocycles. The highest BCUT2D eigenvalue weighted by Crippen LogP contribution is 2.36. The fraction of sp³-hybridized carbons (Fsp3) is 0.273. The van der Waals surface area contributed by atoms with Crippen LogP contribution < -0.4 is 14.9 Å². The van der Waals surface area contributed by atoms with E-state index in [9.17, 15) is 9.90 Å². The number of ether oxygens (including phenoxy) is 3. The summed E-state index contributed by atoms with van der Waals surface area (Å²) in [6.45, 7) is 0. The van der Waals surface area contributed by atoms with Crippen molar-refractivity contribution >= 4 is 12.3 Å². The number of benzene rings is 1. The monoisotopic (exact) mass is 254 g/mol. The molecule has 1 aromatic carbocycles. The Morgan fingerprint density at radius 3 is 2.28 bits per heavy atom. The summed E-state index contributed by atoms with van der Waals surface area (Å²) in [5.41, 5.74) is 2.72. The van der Waals surface area contributed by atoms with E-state index in [1.165, 1.54) is 27.5 Å². The molecule has 7 nitrogen and oxygen atoms in total. The van der Waals surface area contributed by atoms with Gasteiger partial charge in [-0.2, -0.15) is 5.10 Å². The minimum absolute atomic E-state index is 0.0990. The van der Waals surface area contributed by atoms with E-state index in [4.69, 9.17) is 9.47 Å². The molecule has 0 saturated carbocycles. The Kier molecular flexibility index (Phi) is 4.79. The lowest BCUT2D eigenvalue weighted by atomic mass is 10.2. The number of hydrogen-bond acceptors (Lipinski definition) is 6. The zero-order chi connectivity index (χ0) is 13.5. The molecule has 0 atom stereocenters. The summed E-state index contributed by atoms with van der Waals surface area (Å²) in [4.78, 5) is 10.8. The predicted octanol–water partition coefficient (Wildman–Crippen LogP) is 1.10. The van der Waals surface area contributed by atoms with E-state index in [1.807, 2.05) is 0 Å². The summed E-state index contributed by atoms with van der Waals surface area (Å²) in [5, 5.41) is 13.3. The van der Waals surface area contributed by atoms with Gasteiger partial charge in [0.2, 0.25) is 5.75 Å². The van der Waals surface area contributed by atoms with Crippen LogP contribution >= 0.6 is 0 Å². The van der Waals surface area contributed by atoms with Crippen LogP contribution in [0, 0.1) is 0 Å². The van der Waals surface area contributed by atoms with E-state index < -0.39 is 6.09 Å². The molecule has 0 aliphatic rings. The second kappa shape index (κ2) is 6.33. The smallest absolute Gasteiger partial charge is 0.427 e. The summed E-state index contributed by atoms with van der Waals surface area (Å²) in [7, 11) is 4.07. The van der Waals surface area contributed by atoms with Gasteiger partial charge in [-0.25, -0.2) is 10.2 Å². The highest BCUT2D eigenvalue weighted by Gasteiger charge is 2.10. The van der Waals surface area contributed by atoms with Gasteiger partial charge in [0.15, 0.2) is 11.5 Å². The molecule has 0 heterocycles. The fourth-order valence-corrected chi connectivity index (χ4v) is 1.19. The molecule has 0 fully saturated rings. The number of nitrogens with one attached hydrogen (secondary N) is 1. The lowest BCUT2D eigenvalue weighted by molar-refractivity contribution is 0.171. The molecular weight excluding hydrogens is 240 g/mol. The van der Waals surface area contributed by atoms with Crippen LogP contribution in [-0.4, -0.2) is 38.7 Å². The van der Waals surface area contributed by atoms with Crippen LogP contribution in [0.2, 0.25) is 0 Å². The molecule has 0 spiro atoms. The van der Waals surface area contributed by atoms with E-state index in [1.54, 1.807) is 12.1 Å². The number of aromatic hydroxyl groups is 1. The van der Waals surface area contributed by atoms with Gasteiger partial charge < -0.3 is 19.3 Å². The largest absolute Gasteiger partial charge is 0.502 e. The van der Waals surface area contributed by atoms with Crippen molar-refractivity contribution in [2.45, 2.75) is 0 Å². The van der Waals surface area contributed by atoms with Gasteiger partial charge in [0.1, 0.15) is 0 Å². The molecule has 7 heteroatoms. The van der Waals surface area contributed by atoms with E-state index in [0.717, 1.165) is 0 Å². The number of carbonyl (C=O) groups excluding carboxylic acids is 1. The molecule has 1 aromatic rings. The summed E-state index contributed by atoms with van der Waals surface area (Å²) in [6, 6.07) is 3.08. The number of phenols is 1. The molecule has 0 unspecified atom stereocenters. The summed E-state index contributed by atoms with van der Waals surface area (Å²) in [6.07, 6.45) is 0.686. The van der Waals surface area contributed by atoms with Crippen molar-refractivity contribution in [3.05, 3.63) is 17.7 Å². The number of carbonyl (C=O) groups is 1. The first-order valence-corrected chi connectivity index (χ1v) is 4.94. The van der Waals surface area contributed by atoms with Gasteiger partial charge in [-0.1, -0.05) is 0 Å². The first kappa shape index (κ1) is 13.6. The lowest BCUT2D eigenvalue weighted by Crippen LogP contribution is -2.16. The number of hydrazone groups is 1. The number of amides is 1. The minimum Gasteiger partial charge on any atom is -0.502 e. The number of methoxy groups -OCH3 is 3. The van der Waals surface area contributed by atoms with Crippen LogP contribution in [0.15, 0.2) is 17.2 Å². The molecule has 2 N–H and O–H groups in total. The quantitative estimate of drug-likeness (QED) is 0.620. The van der Waals surface area contributed by atoms with Crippen LogP contribution in [0.5, 0.6) is 17.2 Å². The van der Waals surface area contributed by atoms with Gasteiger partial charge >= 0.3 is 6.09 Å². The second-order valence-electron chi connectivity index (χ2n) is 3.14. The van der Waals surface area contributed by atoms with Crippen LogP contribution in [0.25, 0.3) is 0 Å². The molecule has 0 aliphatic carbocycles. The van der Waals surface area contributed by atoms with Gasteiger partial charge in [0, 0.05) is 5.56 Å². The molecule has 1 amide bonds. The maximum Gasteiger partial charge on any atom is 0.427 e. The molecule has 0 bridgehead atoms. The molecule has 0 radical (unpaired) electrons. The summed E-state index contributed by atoms with van der Waals surface area (Å²) >= 11 is 0. The van der Waals surface area contributed by atoms with Crippen molar-refractivity contribution < 1.29 is 24.1 Å². The van der Waals surface area contributed by atoms with Gasteiger partial charge in [0.05, 0.1) is 27.5 Å². The number of nitrogens with zero attached hydrogens (tertiary/aromatic N) is 1. The van der Waals surface area contributed by atoms with E-state index in [-0.39, 0.29) is 17.2 Å². The van der Waals surface area contributed by atoms with Crippen molar-refractivity contribution in [2.24, 2.45) is 5.10 Å². The van der Waals surface area contributed by atoms with Crippen molar-refractivity contribution in [1.82, 2.24) is 5.43 Å². The Balaban J connectivity index is 2.92. The van der Waals surface area contributed by atoms with E-state index >= 15 is 0 Å². The molecule has 98 valence electrons. The second-order valence-corrected chi connectivity index (χ2v) is 3.14. The third-order valence-corrected chi connectivity index (χ3v) is 2.06.